The van der Waals surface area contributed by atoms with Crippen molar-refractivity contribution in [1.82, 2.24) is 10.2 Å². The van der Waals surface area contributed by atoms with Crippen molar-refractivity contribution in [3.63, 3.8) is 0 Å². The van der Waals surface area contributed by atoms with Crippen LogP contribution < -0.4 is 15.8 Å². The first-order valence-electron chi connectivity index (χ1n) is 7.06. The standard InChI is InChI=1S/C15H25N3O2/c1-4-9-18(5-2)10-8-17-15(19)13-11-12(16)6-7-14(13)20-3/h6-7,11H,4-5,8-10,16H2,1-3H3,(H,17,19). The van der Waals surface area contributed by atoms with Crippen LogP contribution in [0.1, 0.15) is 30.6 Å². The maximum absolute atomic E-state index is 12.1. The molecule has 20 heavy (non-hydrogen) atoms. The number of benzene rings is 1. The molecule has 0 saturated carbocycles. The number of hydrogen-bond donors (Lipinski definition) is 2. The summed E-state index contributed by atoms with van der Waals surface area (Å²) in [7, 11) is 1.54. The molecule has 0 saturated heterocycles. The quantitative estimate of drug-likeness (QED) is 0.711. The molecule has 0 aromatic heterocycles. The van der Waals surface area contributed by atoms with Crippen molar-refractivity contribution in [2.75, 3.05) is 39.0 Å². The number of carbonyl (C=O) groups excluding carboxylic acids is 1. The third-order valence-electron chi connectivity index (χ3n) is 3.17. The lowest BCUT2D eigenvalue weighted by molar-refractivity contribution is 0.0945. The highest BCUT2D eigenvalue weighted by Crippen LogP contribution is 2.20. The zero-order valence-electron chi connectivity index (χ0n) is 12.6. The molecule has 5 nitrogen and oxygen atoms in total. The summed E-state index contributed by atoms with van der Waals surface area (Å²) in [5, 5.41) is 2.91. The summed E-state index contributed by atoms with van der Waals surface area (Å²) in [5.41, 5.74) is 6.74. The van der Waals surface area contributed by atoms with E-state index in [1.54, 1.807) is 25.3 Å². The monoisotopic (exact) mass is 279 g/mol. The topological polar surface area (TPSA) is 67.6 Å². The van der Waals surface area contributed by atoms with E-state index in [1.165, 1.54) is 0 Å². The second-order valence-electron chi connectivity index (χ2n) is 4.65. The van der Waals surface area contributed by atoms with Crippen molar-refractivity contribution >= 4 is 11.6 Å². The summed E-state index contributed by atoms with van der Waals surface area (Å²) in [5.74, 6) is 0.388. The second-order valence-corrected chi connectivity index (χ2v) is 4.65. The number of carbonyl (C=O) groups is 1. The van der Waals surface area contributed by atoms with Gasteiger partial charge in [-0.05, 0) is 37.7 Å². The third kappa shape index (κ3) is 4.74. The fourth-order valence-corrected chi connectivity index (χ4v) is 2.07. The molecule has 0 radical (unpaired) electrons. The van der Waals surface area contributed by atoms with Crippen molar-refractivity contribution in [2.45, 2.75) is 20.3 Å². The first-order chi connectivity index (χ1) is 9.62. The Bertz CT molecular complexity index is 435. The number of nitrogens with one attached hydrogen (secondary N) is 1. The van der Waals surface area contributed by atoms with E-state index in [1.807, 2.05) is 0 Å². The van der Waals surface area contributed by atoms with Gasteiger partial charge in [0, 0.05) is 18.8 Å². The number of hydrogen-bond acceptors (Lipinski definition) is 4. The van der Waals surface area contributed by atoms with E-state index >= 15 is 0 Å². The molecule has 1 aromatic carbocycles. The summed E-state index contributed by atoms with van der Waals surface area (Å²) in [4.78, 5) is 14.4. The Balaban J connectivity index is 2.56. The van der Waals surface area contributed by atoms with Gasteiger partial charge in [-0.25, -0.2) is 0 Å². The highest BCUT2D eigenvalue weighted by Gasteiger charge is 2.12. The van der Waals surface area contributed by atoms with Gasteiger partial charge in [-0.2, -0.15) is 0 Å². The average Bonchev–Trinajstić information content (AvgIpc) is 2.46. The zero-order valence-corrected chi connectivity index (χ0v) is 12.6. The van der Waals surface area contributed by atoms with Crippen LogP contribution in [0.2, 0.25) is 0 Å². The van der Waals surface area contributed by atoms with Crippen LogP contribution in [0.3, 0.4) is 0 Å². The molecule has 0 atom stereocenters. The predicted octanol–water partition coefficient (Wildman–Crippen LogP) is 1.74. The summed E-state index contributed by atoms with van der Waals surface area (Å²) < 4.78 is 5.18. The first-order valence-corrected chi connectivity index (χ1v) is 7.06. The molecule has 1 rings (SSSR count). The maximum Gasteiger partial charge on any atom is 0.255 e. The van der Waals surface area contributed by atoms with E-state index in [2.05, 4.69) is 24.1 Å². The molecule has 0 fully saturated rings. The number of nitrogen functional groups attached to an aromatic ring is 1. The highest BCUT2D eigenvalue weighted by atomic mass is 16.5. The second kappa shape index (κ2) is 8.43. The SMILES string of the molecule is CCCN(CC)CCNC(=O)c1cc(N)ccc1OC. The Morgan fingerprint density at radius 3 is 2.70 bits per heavy atom. The lowest BCUT2D eigenvalue weighted by Gasteiger charge is -2.19. The van der Waals surface area contributed by atoms with Gasteiger partial charge in [-0.3, -0.25) is 4.79 Å². The molecule has 0 heterocycles. The Morgan fingerprint density at radius 2 is 2.10 bits per heavy atom. The molecular weight excluding hydrogens is 254 g/mol. The van der Waals surface area contributed by atoms with Crippen LogP contribution in [0.5, 0.6) is 5.75 Å². The van der Waals surface area contributed by atoms with Crippen molar-refractivity contribution < 1.29 is 9.53 Å². The molecule has 1 aromatic rings. The number of anilines is 1. The molecule has 0 aliphatic rings. The van der Waals surface area contributed by atoms with Crippen molar-refractivity contribution in [3.05, 3.63) is 23.8 Å². The van der Waals surface area contributed by atoms with Gasteiger partial charge in [0.15, 0.2) is 0 Å². The van der Waals surface area contributed by atoms with E-state index in [9.17, 15) is 4.79 Å². The summed E-state index contributed by atoms with van der Waals surface area (Å²) in [6.07, 6.45) is 1.12. The van der Waals surface area contributed by atoms with Crippen LogP contribution in [-0.4, -0.2) is 44.1 Å². The fourth-order valence-electron chi connectivity index (χ4n) is 2.07. The lowest BCUT2D eigenvalue weighted by atomic mass is 10.1. The highest BCUT2D eigenvalue weighted by molar-refractivity contribution is 5.97. The van der Waals surface area contributed by atoms with Crippen LogP contribution >= 0.6 is 0 Å². The van der Waals surface area contributed by atoms with Gasteiger partial charge in [0.05, 0.1) is 12.7 Å². The van der Waals surface area contributed by atoms with E-state index in [4.69, 9.17) is 10.5 Å². The van der Waals surface area contributed by atoms with E-state index in [0.717, 1.165) is 26.1 Å². The van der Waals surface area contributed by atoms with E-state index < -0.39 is 0 Å². The molecular formula is C15H25N3O2. The number of nitrogens with two attached hydrogens (primary N) is 1. The van der Waals surface area contributed by atoms with Gasteiger partial charge in [0.1, 0.15) is 5.75 Å². The molecule has 0 unspecified atom stereocenters. The van der Waals surface area contributed by atoms with Crippen molar-refractivity contribution in [1.29, 1.82) is 0 Å². The molecule has 0 aliphatic carbocycles. The average molecular weight is 279 g/mol. The number of rotatable bonds is 8. The molecule has 3 N–H and O–H groups in total. The Hall–Kier alpha value is -1.75. The molecule has 5 heteroatoms. The van der Waals surface area contributed by atoms with Gasteiger partial charge in [0.2, 0.25) is 0 Å². The van der Waals surface area contributed by atoms with Gasteiger partial charge >= 0.3 is 0 Å². The molecule has 112 valence electrons. The van der Waals surface area contributed by atoms with Gasteiger partial charge in [0.25, 0.3) is 5.91 Å². The van der Waals surface area contributed by atoms with Crippen LogP contribution in [0.15, 0.2) is 18.2 Å². The maximum atomic E-state index is 12.1. The molecule has 1 amide bonds. The minimum Gasteiger partial charge on any atom is -0.496 e. The minimum absolute atomic E-state index is 0.151. The summed E-state index contributed by atoms with van der Waals surface area (Å²) >= 11 is 0. The molecule has 0 bridgehead atoms. The number of ether oxygens (including phenoxy) is 1. The normalized spacial score (nSPS) is 10.6. The fraction of sp³-hybridized carbons (Fsp3) is 0.533. The number of amides is 1. The Morgan fingerprint density at radius 1 is 1.35 bits per heavy atom. The van der Waals surface area contributed by atoms with E-state index in [-0.39, 0.29) is 5.91 Å². The first kappa shape index (κ1) is 16.3. The Labute approximate surface area is 121 Å². The molecule has 0 aliphatic heterocycles. The van der Waals surface area contributed by atoms with Gasteiger partial charge < -0.3 is 20.7 Å². The Kier molecular flexibility index (Phi) is 6.87. The number of likely N-dealkylation sites (N-methyl/N-ethyl adjacent to an activating group) is 1. The summed E-state index contributed by atoms with van der Waals surface area (Å²) in [6.45, 7) is 7.78. The summed E-state index contributed by atoms with van der Waals surface area (Å²) in [6, 6.07) is 5.06. The zero-order chi connectivity index (χ0) is 15.0. The van der Waals surface area contributed by atoms with Gasteiger partial charge in [-0.15, -0.1) is 0 Å². The van der Waals surface area contributed by atoms with E-state index in [0.29, 0.717) is 23.5 Å². The third-order valence-corrected chi connectivity index (χ3v) is 3.17. The van der Waals surface area contributed by atoms with Crippen LogP contribution in [0.25, 0.3) is 0 Å². The molecule has 0 spiro atoms. The van der Waals surface area contributed by atoms with Gasteiger partial charge in [-0.1, -0.05) is 13.8 Å². The lowest BCUT2D eigenvalue weighted by Crippen LogP contribution is -2.35. The van der Waals surface area contributed by atoms with Crippen molar-refractivity contribution in [2.24, 2.45) is 0 Å². The van der Waals surface area contributed by atoms with Crippen LogP contribution in [-0.2, 0) is 0 Å². The van der Waals surface area contributed by atoms with Crippen LogP contribution in [0.4, 0.5) is 5.69 Å². The largest absolute Gasteiger partial charge is 0.496 e. The predicted molar refractivity (Wildman–Crippen MR) is 82.1 cm³/mol. The smallest absolute Gasteiger partial charge is 0.255 e. The number of nitrogens with zero attached hydrogens (tertiary/aromatic N) is 1. The van der Waals surface area contributed by atoms with Crippen LogP contribution in [0, 0.1) is 0 Å². The minimum atomic E-state index is -0.151. The van der Waals surface area contributed by atoms with Crippen molar-refractivity contribution in [3.8, 4) is 5.75 Å². The number of methoxy groups -OCH3 is 1.